The Morgan fingerprint density at radius 2 is 2.25 bits per heavy atom. The van der Waals surface area contributed by atoms with E-state index >= 15 is 0 Å². The Labute approximate surface area is 97.6 Å². The maximum Gasteiger partial charge on any atom is 0.225 e. The van der Waals surface area contributed by atoms with Crippen LogP contribution < -0.4 is 10.1 Å². The van der Waals surface area contributed by atoms with Gasteiger partial charge in [-0.2, -0.15) is 0 Å². The molecule has 0 saturated heterocycles. The molecule has 1 aromatic heterocycles. The van der Waals surface area contributed by atoms with Gasteiger partial charge in [-0.1, -0.05) is 27.8 Å². The second-order valence-corrected chi connectivity index (χ2v) is 3.89. The molecule has 0 atom stereocenters. The molecule has 0 amide bonds. The van der Waals surface area contributed by atoms with Gasteiger partial charge in [0.2, 0.25) is 5.13 Å². The standard InChI is InChI=1S/C10H12N4OS/c1-15-9-5-3-2-4-8(9)6-7-11-10-12-13-14-16-10/h2-5H,6-7H2,1H3,(H,11,12,14). The van der Waals surface area contributed by atoms with Crippen LogP contribution in [0.2, 0.25) is 0 Å². The third-order valence-corrected chi connectivity index (χ3v) is 2.72. The molecule has 2 rings (SSSR count). The van der Waals surface area contributed by atoms with Crippen molar-refractivity contribution in [3.63, 3.8) is 0 Å². The van der Waals surface area contributed by atoms with Crippen molar-refractivity contribution in [3.05, 3.63) is 29.8 Å². The maximum atomic E-state index is 5.27. The first-order chi connectivity index (χ1) is 7.90. The highest BCUT2D eigenvalue weighted by Gasteiger charge is 2.02. The summed E-state index contributed by atoms with van der Waals surface area (Å²) in [4.78, 5) is 0. The monoisotopic (exact) mass is 236 g/mol. The van der Waals surface area contributed by atoms with Crippen molar-refractivity contribution >= 4 is 16.7 Å². The summed E-state index contributed by atoms with van der Waals surface area (Å²) in [6.07, 6.45) is 0.879. The van der Waals surface area contributed by atoms with Crippen molar-refractivity contribution in [1.29, 1.82) is 0 Å². The van der Waals surface area contributed by atoms with Crippen molar-refractivity contribution in [2.45, 2.75) is 6.42 Å². The van der Waals surface area contributed by atoms with Crippen LogP contribution in [-0.2, 0) is 6.42 Å². The number of benzene rings is 1. The lowest BCUT2D eigenvalue weighted by Gasteiger charge is -2.07. The SMILES string of the molecule is COc1ccccc1CCNc1nnns1. The van der Waals surface area contributed by atoms with Crippen LogP contribution in [0.4, 0.5) is 5.13 Å². The Morgan fingerprint density at radius 3 is 3.00 bits per heavy atom. The zero-order valence-corrected chi connectivity index (χ0v) is 9.70. The molecule has 2 aromatic rings. The highest BCUT2D eigenvalue weighted by atomic mass is 32.1. The van der Waals surface area contributed by atoms with E-state index in [2.05, 4.69) is 26.2 Å². The Hall–Kier alpha value is -1.69. The highest BCUT2D eigenvalue weighted by Crippen LogP contribution is 2.17. The molecular formula is C10H12N4OS. The Kier molecular flexibility index (Phi) is 3.66. The summed E-state index contributed by atoms with van der Waals surface area (Å²) < 4.78 is 8.94. The number of nitrogens with one attached hydrogen (secondary N) is 1. The van der Waals surface area contributed by atoms with Gasteiger partial charge >= 0.3 is 0 Å². The summed E-state index contributed by atoms with van der Waals surface area (Å²) in [7, 11) is 1.68. The van der Waals surface area contributed by atoms with Gasteiger partial charge in [-0.25, -0.2) is 0 Å². The van der Waals surface area contributed by atoms with Gasteiger partial charge in [0.25, 0.3) is 0 Å². The molecule has 0 spiro atoms. The van der Waals surface area contributed by atoms with E-state index < -0.39 is 0 Å². The van der Waals surface area contributed by atoms with Gasteiger partial charge in [0.15, 0.2) is 0 Å². The summed E-state index contributed by atoms with van der Waals surface area (Å²) in [5.74, 6) is 0.916. The number of hydrogen-bond donors (Lipinski definition) is 1. The lowest BCUT2D eigenvalue weighted by Crippen LogP contribution is -2.05. The normalized spacial score (nSPS) is 10.1. The quantitative estimate of drug-likeness (QED) is 0.854. The highest BCUT2D eigenvalue weighted by molar-refractivity contribution is 7.09. The first kappa shape index (κ1) is 10.8. The minimum Gasteiger partial charge on any atom is -0.496 e. The van der Waals surface area contributed by atoms with E-state index in [1.807, 2.05) is 18.2 Å². The Balaban J connectivity index is 1.89. The van der Waals surface area contributed by atoms with Crippen molar-refractivity contribution in [2.75, 3.05) is 19.0 Å². The fraction of sp³-hybridized carbons (Fsp3) is 0.300. The second kappa shape index (κ2) is 5.41. The van der Waals surface area contributed by atoms with Crippen LogP contribution in [-0.4, -0.2) is 28.5 Å². The molecule has 1 N–H and O–H groups in total. The molecular weight excluding hydrogens is 224 g/mol. The fourth-order valence-corrected chi connectivity index (χ4v) is 1.81. The summed E-state index contributed by atoms with van der Waals surface area (Å²) in [5, 5.41) is 11.2. The van der Waals surface area contributed by atoms with E-state index in [1.165, 1.54) is 17.1 Å². The van der Waals surface area contributed by atoms with Crippen molar-refractivity contribution in [1.82, 2.24) is 14.8 Å². The van der Waals surface area contributed by atoms with Crippen LogP contribution in [0.1, 0.15) is 5.56 Å². The first-order valence-corrected chi connectivity index (χ1v) is 5.68. The number of nitrogens with zero attached hydrogens (tertiary/aromatic N) is 3. The van der Waals surface area contributed by atoms with E-state index in [0.29, 0.717) is 0 Å². The smallest absolute Gasteiger partial charge is 0.225 e. The van der Waals surface area contributed by atoms with Gasteiger partial charge in [-0.05, 0) is 23.3 Å². The van der Waals surface area contributed by atoms with E-state index in [4.69, 9.17) is 4.74 Å². The topological polar surface area (TPSA) is 59.9 Å². The number of rotatable bonds is 5. The van der Waals surface area contributed by atoms with Gasteiger partial charge < -0.3 is 10.1 Å². The third kappa shape index (κ3) is 2.66. The van der Waals surface area contributed by atoms with Crippen LogP contribution in [0.5, 0.6) is 5.75 Å². The number of aromatic nitrogens is 3. The molecule has 5 nitrogen and oxygen atoms in total. The molecule has 0 unspecified atom stereocenters. The summed E-state index contributed by atoms with van der Waals surface area (Å²) in [6.45, 7) is 0.789. The van der Waals surface area contributed by atoms with Crippen LogP contribution in [0.15, 0.2) is 24.3 Å². The van der Waals surface area contributed by atoms with Gasteiger partial charge in [-0.3, -0.25) is 0 Å². The fourth-order valence-electron chi connectivity index (χ4n) is 1.42. The van der Waals surface area contributed by atoms with Gasteiger partial charge in [-0.15, -0.1) is 0 Å². The first-order valence-electron chi connectivity index (χ1n) is 4.91. The van der Waals surface area contributed by atoms with Gasteiger partial charge in [0.1, 0.15) is 5.75 Å². The second-order valence-electron chi connectivity index (χ2n) is 3.16. The summed E-state index contributed by atoms with van der Waals surface area (Å²) >= 11 is 1.25. The maximum absolute atomic E-state index is 5.27. The molecule has 0 fully saturated rings. The van der Waals surface area contributed by atoms with Crippen molar-refractivity contribution in [2.24, 2.45) is 0 Å². The average molecular weight is 236 g/mol. The molecule has 0 saturated carbocycles. The zero-order chi connectivity index (χ0) is 11.2. The molecule has 16 heavy (non-hydrogen) atoms. The predicted octanol–water partition coefficient (Wildman–Crippen LogP) is 1.60. The lowest BCUT2D eigenvalue weighted by molar-refractivity contribution is 0.410. The molecule has 6 heteroatoms. The Morgan fingerprint density at radius 1 is 1.38 bits per heavy atom. The van der Waals surface area contributed by atoms with Crippen LogP contribution >= 0.6 is 11.5 Å². The number of para-hydroxylation sites is 1. The molecule has 84 valence electrons. The number of ether oxygens (including phenoxy) is 1. The molecule has 0 aliphatic carbocycles. The summed E-state index contributed by atoms with van der Waals surface area (Å²) in [5.41, 5.74) is 1.18. The average Bonchev–Trinajstić information content (AvgIpc) is 2.83. The van der Waals surface area contributed by atoms with E-state index in [9.17, 15) is 0 Å². The lowest BCUT2D eigenvalue weighted by atomic mass is 10.1. The molecule has 1 aromatic carbocycles. The van der Waals surface area contributed by atoms with Crippen molar-refractivity contribution < 1.29 is 4.74 Å². The van der Waals surface area contributed by atoms with Crippen LogP contribution in [0.3, 0.4) is 0 Å². The molecule has 0 radical (unpaired) electrons. The minimum absolute atomic E-state index is 0.745. The van der Waals surface area contributed by atoms with E-state index in [1.54, 1.807) is 7.11 Å². The van der Waals surface area contributed by atoms with Gasteiger partial charge in [0.05, 0.1) is 7.11 Å². The summed E-state index contributed by atoms with van der Waals surface area (Å²) in [6, 6.07) is 7.98. The molecule has 0 bridgehead atoms. The zero-order valence-electron chi connectivity index (χ0n) is 8.88. The van der Waals surface area contributed by atoms with E-state index in [0.717, 1.165) is 23.8 Å². The molecule has 1 heterocycles. The largest absolute Gasteiger partial charge is 0.496 e. The number of anilines is 1. The number of methoxy groups -OCH3 is 1. The van der Waals surface area contributed by atoms with Crippen LogP contribution in [0.25, 0.3) is 0 Å². The molecule has 0 aliphatic rings. The predicted molar refractivity (Wildman–Crippen MR) is 62.9 cm³/mol. The van der Waals surface area contributed by atoms with E-state index in [-0.39, 0.29) is 0 Å². The van der Waals surface area contributed by atoms with Crippen molar-refractivity contribution in [3.8, 4) is 5.75 Å². The third-order valence-electron chi connectivity index (χ3n) is 2.16. The molecule has 0 aliphatic heterocycles. The number of hydrogen-bond acceptors (Lipinski definition) is 6. The van der Waals surface area contributed by atoms with Crippen LogP contribution in [0, 0.1) is 0 Å². The van der Waals surface area contributed by atoms with Gasteiger partial charge in [0, 0.05) is 18.1 Å². The Bertz CT molecular complexity index is 432. The minimum atomic E-state index is 0.745.